The Hall–Kier alpha value is -0.340. The van der Waals surface area contributed by atoms with Gasteiger partial charge in [0.05, 0.1) is 0 Å². The van der Waals surface area contributed by atoms with Gasteiger partial charge in [-0.3, -0.25) is 0 Å². The van der Waals surface area contributed by atoms with Crippen molar-refractivity contribution in [3.8, 4) is 0 Å². The summed E-state index contributed by atoms with van der Waals surface area (Å²) in [5.74, 6) is 0. The van der Waals surface area contributed by atoms with E-state index in [1.54, 1.807) is 0 Å². The van der Waals surface area contributed by atoms with E-state index in [1.165, 1.54) is 25.7 Å². The Labute approximate surface area is 58.5 Å². The lowest BCUT2D eigenvalue weighted by molar-refractivity contribution is 0.730. The van der Waals surface area contributed by atoms with Crippen molar-refractivity contribution in [3.63, 3.8) is 0 Å². The van der Waals surface area contributed by atoms with Crippen LogP contribution in [0.25, 0.3) is 0 Å². The third-order valence-electron chi connectivity index (χ3n) is 1.01. The van der Waals surface area contributed by atoms with Crippen molar-refractivity contribution in [2.45, 2.75) is 32.6 Å². The summed E-state index contributed by atoms with van der Waals surface area (Å²) in [6.45, 7) is 5.84. The maximum atomic E-state index is 3.63. The van der Waals surface area contributed by atoms with Crippen molar-refractivity contribution in [1.29, 1.82) is 0 Å². The molecule has 0 amide bonds. The zero-order valence-electron chi connectivity index (χ0n) is 6.53. The molecular formula is C7H20N2. The van der Waals surface area contributed by atoms with Gasteiger partial charge >= 0.3 is 0 Å². The molecule has 0 unspecified atom stereocenters. The van der Waals surface area contributed by atoms with Gasteiger partial charge in [0.1, 0.15) is 0 Å². The minimum Gasteiger partial charge on any atom is -0.344 e. The number of unbranched alkanes of at least 4 members (excludes halogenated alkanes) is 3. The molecule has 0 aromatic rings. The Bertz CT molecular complexity index is 44.2. The predicted octanol–water partition coefficient (Wildman–Crippen LogP) is 3.08. The molecule has 0 bridgehead atoms. The van der Waals surface area contributed by atoms with E-state index in [4.69, 9.17) is 0 Å². The summed E-state index contributed by atoms with van der Waals surface area (Å²) in [4.78, 5) is 0. The molecule has 0 spiro atoms. The minimum absolute atomic E-state index is 0. The third kappa shape index (κ3) is 18.3. The zero-order valence-corrected chi connectivity index (χ0v) is 6.53. The molecule has 0 aromatic carbocycles. The monoisotopic (exact) mass is 132 g/mol. The van der Waals surface area contributed by atoms with Gasteiger partial charge in [-0.1, -0.05) is 25.8 Å². The summed E-state index contributed by atoms with van der Waals surface area (Å²) in [7, 11) is 0. The van der Waals surface area contributed by atoms with Gasteiger partial charge in [-0.15, -0.1) is 6.58 Å². The van der Waals surface area contributed by atoms with Crippen LogP contribution in [-0.4, -0.2) is 0 Å². The standard InChI is InChI=1S/C7H14.2H3N/c1-3-5-7-6-4-2;;/h3H,1,4-7H2,2H3;2*1H3. The molecular weight excluding hydrogens is 112 g/mol. The molecule has 2 nitrogen and oxygen atoms in total. The van der Waals surface area contributed by atoms with Gasteiger partial charge in [0.15, 0.2) is 0 Å². The second-order valence-corrected chi connectivity index (χ2v) is 1.78. The van der Waals surface area contributed by atoms with Crippen molar-refractivity contribution in [1.82, 2.24) is 12.3 Å². The van der Waals surface area contributed by atoms with E-state index < -0.39 is 0 Å². The highest BCUT2D eigenvalue weighted by Crippen LogP contribution is 1.97. The molecule has 6 N–H and O–H groups in total. The molecule has 9 heavy (non-hydrogen) atoms. The van der Waals surface area contributed by atoms with Crippen LogP contribution in [0.3, 0.4) is 0 Å². The lowest BCUT2D eigenvalue weighted by Gasteiger charge is -1.87. The van der Waals surface area contributed by atoms with Crippen molar-refractivity contribution >= 4 is 0 Å². The lowest BCUT2D eigenvalue weighted by Crippen LogP contribution is -1.67. The van der Waals surface area contributed by atoms with E-state index in [0.29, 0.717) is 0 Å². The fourth-order valence-corrected chi connectivity index (χ4v) is 0.539. The summed E-state index contributed by atoms with van der Waals surface area (Å²) in [6.07, 6.45) is 7.16. The van der Waals surface area contributed by atoms with Crippen molar-refractivity contribution < 1.29 is 0 Å². The SMILES string of the molecule is C=CCCCCC.N.N. The van der Waals surface area contributed by atoms with Crippen LogP contribution in [0.5, 0.6) is 0 Å². The van der Waals surface area contributed by atoms with Crippen LogP contribution >= 0.6 is 0 Å². The molecule has 0 fully saturated rings. The molecule has 0 rings (SSSR count). The van der Waals surface area contributed by atoms with Gasteiger partial charge in [0, 0.05) is 0 Å². The second-order valence-electron chi connectivity index (χ2n) is 1.78. The quantitative estimate of drug-likeness (QED) is 0.456. The number of rotatable bonds is 4. The lowest BCUT2D eigenvalue weighted by atomic mass is 10.2. The maximum Gasteiger partial charge on any atom is -0.0353 e. The van der Waals surface area contributed by atoms with E-state index in [-0.39, 0.29) is 12.3 Å². The summed E-state index contributed by atoms with van der Waals surface area (Å²) < 4.78 is 0. The van der Waals surface area contributed by atoms with E-state index in [1.807, 2.05) is 6.08 Å². The van der Waals surface area contributed by atoms with Crippen LogP contribution in [-0.2, 0) is 0 Å². The van der Waals surface area contributed by atoms with E-state index in [9.17, 15) is 0 Å². The largest absolute Gasteiger partial charge is 0.344 e. The Balaban J connectivity index is -0.000000180. The van der Waals surface area contributed by atoms with Crippen molar-refractivity contribution in [2.24, 2.45) is 0 Å². The molecule has 0 aliphatic heterocycles. The van der Waals surface area contributed by atoms with E-state index in [2.05, 4.69) is 13.5 Å². The van der Waals surface area contributed by atoms with Gasteiger partial charge in [-0.2, -0.15) is 0 Å². The van der Waals surface area contributed by atoms with Crippen molar-refractivity contribution in [3.05, 3.63) is 12.7 Å². The van der Waals surface area contributed by atoms with Crippen LogP contribution in [0.4, 0.5) is 0 Å². The first kappa shape index (κ1) is 15.9. The number of allylic oxidation sites excluding steroid dienone is 1. The molecule has 0 heterocycles. The Morgan fingerprint density at radius 2 is 1.78 bits per heavy atom. The second kappa shape index (κ2) is 15.6. The zero-order chi connectivity index (χ0) is 5.54. The van der Waals surface area contributed by atoms with Gasteiger partial charge in [-0.25, -0.2) is 0 Å². The number of hydrogen-bond donors (Lipinski definition) is 2. The van der Waals surface area contributed by atoms with Crippen LogP contribution < -0.4 is 12.3 Å². The fourth-order valence-electron chi connectivity index (χ4n) is 0.539. The minimum atomic E-state index is 0. The van der Waals surface area contributed by atoms with E-state index >= 15 is 0 Å². The molecule has 2 heteroatoms. The Kier molecular flexibility index (Phi) is 27.6. The highest BCUT2D eigenvalue weighted by Gasteiger charge is 1.77. The van der Waals surface area contributed by atoms with Gasteiger partial charge in [0.2, 0.25) is 0 Å². The van der Waals surface area contributed by atoms with Crippen molar-refractivity contribution in [2.75, 3.05) is 0 Å². The van der Waals surface area contributed by atoms with Crippen LogP contribution in [0.2, 0.25) is 0 Å². The highest BCUT2D eigenvalue weighted by molar-refractivity contribution is 4.64. The van der Waals surface area contributed by atoms with Gasteiger partial charge in [-0.05, 0) is 12.8 Å². The normalized spacial score (nSPS) is 6.78. The molecule has 0 radical (unpaired) electrons. The third-order valence-corrected chi connectivity index (χ3v) is 1.01. The molecule has 0 saturated carbocycles. The molecule has 0 saturated heterocycles. The first-order valence-electron chi connectivity index (χ1n) is 3.02. The topological polar surface area (TPSA) is 70.0 Å². The summed E-state index contributed by atoms with van der Waals surface area (Å²) in [6, 6.07) is 0. The summed E-state index contributed by atoms with van der Waals surface area (Å²) >= 11 is 0. The first-order chi connectivity index (χ1) is 3.41. The van der Waals surface area contributed by atoms with Gasteiger partial charge in [0.25, 0.3) is 0 Å². The Morgan fingerprint density at radius 3 is 2.11 bits per heavy atom. The average Bonchev–Trinajstić information content (AvgIpc) is 1.69. The van der Waals surface area contributed by atoms with Crippen LogP contribution in [0.1, 0.15) is 32.6 Å². The maximum absolute atomic E-state index is 3.63. The molecule has 58 valence electrons. The predicted molar refractivity (Wildman–Crippen MR) is 44.4 cm³/mol. The summed E-state index contributed by atoms with van der Waals surface area (Å²) in [5.41, 5.74) is 0. The Morgan fingerprint density at radius 1 is 1.22 bits per heavy atom. The fraction of sp³-hybridized carbons (Fsp3) is 0.714. The summed E-state index contributed by atoms with van der Waals surface area (Å²) in [5, 5.41) is 0. The highest BCUT2D eigenvalue weighted by atomic mass is 14.0. The number of hydrogen-bond acceptors (Lipinski definition) is 2. The van der Waals surface area contributed by atoms with Crippen LogP contribution in [0.15, 0.2) is 12.7 Å². The molecule has 0 aliphatic carbocycles. The first-order valence-corrected chi connectivity index (χ1v) is 3.02. The van der Waals surface area contributed by atoms with Gasteiger partial charge < -0.3 is 12.3 Å². The van der Waals surface area contributed by atoms with Crippen LogP contribution in [0, 0.1) is 0 Å². The smallest absolute Gasteiger partial charge is 0.0353 e. The molecule has 0 aromatic heterocycles. The average molecular weight is 132 g/mol. The van der Waals surface area contributed by atoms with E-state index in [0.717, 1.165) is 0 Å². The molecule has 0 atom stereocenters. The molecule has 0 aliphatic rings.